The minimum absolute atomic E-state index is 0.289. The Bertz CT molecular complexity index is 612. The quantitative estimate of drug-likeness (QED) is 0.547. The molecular weight excluding hydrogens is 303 g/mol. The summed E-state index contributed by atoms with van der Waals surface area (Å²) in [4.78, 5) is 8.24. The number of hydrogen-bond donors (Lipinski definition) is 0. The molecule has 0 atom stereocenters. The average molecular weight is 323 g/mol. The highest BCUT2D eigenvalue weighted by Gasteiger charge is 2.25. The first kappa shape index (κ1) is 16.7. The molecule has 0 aliphatic heterocycles. The van der Waals surface area contributed by atoms with Crippen LogP contribution in [0.2, 0.25) is 0 Å². The van der Waals surface area contributed by atoms with E-state index >= 15 is 0 Å². The van der Waals surface area contributed by atoms with Gasteiger partial charge in [-0.05, 0) is 18.9 Å². The molecule has 0 aromatic carbocycles. The fourth-order valence-electron chi connectivity index (χ4n) is 1.90. The second-order valence-corrected chi connectivity index (χ2v) is 6.62. The van der Waals surface area contributed by atoms with Crippen LogP contribution < -0.4 is 4.68 Å². The maximum absolute atomic E-state index is 12.4. The molecule has 7 nitrogen and oxygen atoms in total. The molecule has 0 amide bonds. The van der Waals surface area contributed by atoms with Gasteiger partial charge in [0.15, 0.2) is 12.7 Å². The molecular formula is C14H20N4O3P+. The zero-order valence-electron chi connectivity index (χ0n) is 12.8. The van der Waals surface area contributed by atoms with Gasteiger partial charge in [-0.1, -0.05) is 4.68 Å². The average Bonchev–Trinajstić information content (AvgIpc) is 2.55. The van der Waals surface area contributed by atoms with Crippen LogP contribution in [0, 0.1) is 0 Å². The van der Waals surface area contributed by atoms with Crippen LogP contribution in [0.25, 0.3) is 11.3 Å². The summed E-state index contributed by atoms with van der Waals surface area (Å²) in [5, 5.41) is 4.30. The van der Waals surface area contributed by atoms with Gasteiger partial charge in [0.05, 0.1) is 25.1 Å². The zero-order chi connectivity index (χ0) is 15.8. The lowest BCUT2D eigenvalue weighted by Gasteiger charge is -2.14. The van der Waals surface area contributed by atoms with Gasteiger partial charge in [0.1, 0.15) is 12.4 Å². The Hall–Kier alpha value is -1.69. The van der Waals surface area contributed by atoms with Crippen molar-refractivity contribution >= 4 is 7.60 Å². The summed E-state index contributed by atoms with van der Waals surface area (Å²) in [6.07, 6.45) is 8.75. The van der Waals surface area contributed by atoms with E-state index in [-0.39, 0.29) is 6.16 Å². The molecule has 0 saturated heterocycles. The van der Waals surface area contributed by atoms with E-state index in [1.165, 1.54) is 0 Å². The Morgan fingerprint density at radius 2 is 1.95 bits per heavy atom. The second kappa shape index (κ2) is 8.08. The van der Waals surface area contributed by atoms with Crippen LogP contribution in [0.5, 0.6) is 0 Å². The summed E-state index contributed by atoms with van der Waals surface area (Å²) in [5.41, 5.74) is 1.64. The van der Waals surface area contributed by atoms with Gasteiger partial charge < -0.3 is 9.05 Å². The molecule has 2 rings (SSSR count). The topological polar surface area (TPSA) is 78.1 Å². The Morgan fingerprint density at radius 1 is 1.18 bits per heavy atom. The van der Waals surface area contributed by atoms with Crippen molar-refractivity contribution in [3.8, 4) is 11.3 Å². The largest absolute Gasteiger partial charge is 0.337 e. The van der Waals surface area contributed by atoms with Crippen LogP contribution in [-0.4, -0.2) is 34.4 Å². The predicted octanol–water partition coefficient (Wildman–Crippen LogP) is 2.09. The van der Waals surface area contributed by atoms with Crippen molar-refractivity contribution in [3.63, 3.8) is 0 Å². The van der Waals surface area contributed by atoms with E-state index in [2.05, 4.69) is 15.1 Å². The van der Waals surface area contributed by atoms with Gasteiger partial charge >= 0.3 is 7.60 Å². The van der Waals surface area contributed by atoms with E-state index in [4.69, 9.17) is 9.05 Å². The normalized spacial score (nSPS) is 11.5. The van der Waals surface area contributed by atoms with E-state index in [0.717, 1.165) is 11.3 Å². The highest BCUT2D eigenvalue weighted by atomic mass is 31.2. The first-order valence-electron chi connectivity index (χ1n) is 7.17. The third-order valence-electron chi connectivity index (χ3n) is 2.88. The highest BCUT2D eigenvalue weighted by Crippen LogP contribution is 2.47. The van der Waals surface area contributed by atoms with Crippen LogP contribution in [0.15, 0.2) is 37.1 Å². The Kier molecular flexibility index (Phi) is 6.12. The second-order valence-electron chi connectivity index (χ2n) is 4.44. The molecule has 2 aromatic heterocycles. The summed E-state index contributed by atoms with van der Waals surface area (Å²) in [6, 6.07) is 1.89. The minimum atomic E-state index is -3.04. The van der Waals surface area contributed by atoms with Crippen molar-refractivity contribution in [1.29, 1.82) is 0 Å². The van der Waals surface area contributed by atoms with Crippen molar-refractivity contribution in [2.45, 2.75) is 20.4 Å². The van der Waals surface area contributed by atoms with E-state index < -0.39 is 7.60 Å². The van der Waals surface area contributed by atoms with E-state index in [1.54, 1.807) is 43.3 Å². The number of aromatic nitrogens is 4. The molecule has 0 unspecified atom stereocenters. The molecule has 0 fully saturated rings. The molecule has 0 saturated carbocycles. The van der Waals surface area contributed by atoms with Crippen molar-refractivity contribution in [3.05, 3.63) is 37.1 Å². The first-order valence-corrected chi connectivity index (χ1v) is 8.90. The molecule has 2 aromatic rings. The summed E-state index contributed by atoms with van der Waals surface area (Å²) >= 11 is 0. The first-order chi connectivity index (χ1) is 10.7. The molecule has 8 heteroatoms. The van der Waals surface area contributed by atoms with Gasteiger partial charge in [-0.15, -0.1) is 0 Å². The summed E-state index contributed by atoms with van der Waals surface area (Å²) in [7, 11) is -3.04. The number of rotatable bonds is 8. The van der Waals surface area contributed by atoms with Crippen molar-refractivity contribution < 1.29 is 18.3 Å². The van der Waals surface area contributed by atoms with Crippen molar-refractivity contribution in [1.82, 2.24) is 15.1 Å². The maximum atomic E-state index is 12.4. The summed E-state index contributed by atoms with van der Waals surface area (Å²) in [5.74, 6) is 0. The summed E-state index contributed by atoms with van der Waals surface area (Å²) < 4.78 is 24.6. The number of aryl methyl sites for hydroxylation is 1. The predicted molar refractivity (Wildman–Crippen MR) is 81.2 cm³/mol. The van der Waals surface area contributed by atoms with Crippen LogP contribution in [0.3, 0.4) is 0 Å². The Balaban J connectivity index is 2.01. The Labute approximate surface area is 129 Å². The monoisotopic (exact) mass is 323 g/mol. The lowest BCUT2D eigenvalue weighted by molar-refractivity contribution is -0.750. The molecule has 118 valence electrons. The van der Waals surface area contributed by atoms with E-state index in [9.17, 15) is 4.57 Å². The molecule has 2 heterocycles. The van der Waals surface area contributed by atoms with Gasteiger partial charge in [0.2, 0.25) is 0 Å². The lowest BCUT2D eigenvalue weighted by Crippen LogP contribution is -2.39. The fourth-order valence-corrected chi connectivity index (χ4v) is 3.47. The molecule has 0 aliphatic carbocycles. The smallest absolute Gasteiger partial charge is 0.309 e. The SMILES string of the molecule is CCOP(=O)(CC[n+]1ccc(-c2cnccn2)cn1)OCC. The molecule has 0 spiro atoms. The number of nitrogens with zero attached hydrogens (tertiary/aromatic N) is 4. The maximum Gasteiger partial charge on any atom is 0.337 e. The van der Waals surface area contributed by atoms with Crippen LogP contribution in [0.4, 0.5) is 0 Å². The van der Waals surface area contributed by atoms with Crippen LogP contribution >= 0.6 is 7.60 Å². The van der Waals surface area contributed by atoms with Gasteiger partial charge in [-0.2, -0.15) is 0 Å². The zero-order valence-corrected chi connectivity index (χ0v) is 13.6. The van der Waals surface area contributed by atoms with Gasteiger partial charge in [0.25, 0.3) is 0 Å². The minimum Gasteiger partial charge on any atom is -0.309 e. The lowest BCUT2D eigenvalue weighted by atomic mass is 10.2. The van der Waals surface area contributed by atoms with Crippen molar-refractivity contribution in [2.75, 3.05) is 19.4 Å². The molecule has 22 heavy (non-hydrogen) atoms. The molecule has 0 bridgehead atoms. The molecule has 0 radical (unpaired) electrons. The van der Waals surface area contributed by atoms with Gasteiger partial charge in [-0.25, -0.2) is 0 Å². The van der Waals surface area contributed by atoms with Crippen LogP contribution in [0.1, 0.15) is 13.8 Å². The standard InChI is InChI=1S/C14H20N4O3P/c1-3-20-22(19,21-4-2)10-9-18-8-5-13(11-17-18)14-12-15-6-7-16-14/h5-8,11-12H,3-4,9-10H2,1-2H3/q+1. The van der Waals surface area contributed by atoms with E-state index in [0.29, 0.717) is 19.8 Å². The molecule has 0 aliphatic rings. The van der Waals surface area contributed by atoms with Gasteiger partial charge in [-0.3, -0.25) is 14.5 Å². The fraction of sp³-hybridized carbons (Fsp3) is 0.429. The van der Waals surface area contributed by atoms with Crippen LogP contribution in [-0.2, 0) is 20.2 Å². The van der Waals surface area contributed by atoms with Crippen molar-refractivity contribution in [2.24, 2.45) is 0 Å². The number of hydrogen-bond acceptors (Lipinski definition) is 6. The Morgan fingerprint density at radius 3 is 2.50 bits per heavy atom. The highest BCUT2D eigenvalue weighted by molar-refractivity contribution is 7.53. The third-order valence-corrected chi connectivity index (χ3v) is 4.94. The van der Waals surface area contributed by atoms with Gasteiger partial charge in [0, 0.05) is 24.0 Å². The van der Waals surface area contributed by atoms with E-state index in [1.807, 2.05) is 12.3 Å². The molecule has 0 N–H and O–H groups in total. The third kappa shape index (κ3) is 4.66. The summed E-state index contributed by atoms with van der Waals surface area (Å²) in [6.45, 7) is 4.78.